The molecule has 0 radical (unpaired) electrons. The molecule has 0 bridgehead atoms. The predicted molar refractivity (Wildman–Crippen MR) is 320 cm³/mol. The van der Waals surface area contributed by atoms with Gasteiger partial charge in [0.15, 0.2) is 11.2 Å². The third-order valence-corrected chi connectivity index (χ3v) is 21.6. The first-order valence-electron chi connectivity index (χ1n) is 27.0. The highest BCUT2D eigenvalue weighted by Gasteiger charge is 2.47. The van der Waals surface area contributed by atoms with Gasteiger partial charge < -0.3 is 18.9 Å². The van der Waals surface area contributed by atoms with Crippen LogP contribution in [-0.2, 0) is 22.0 Å². The quantitative estimate of drug-likeness (QED) is 0.142. The minimum atomic E-state index is -2.29. The largest absolute Gasteiger partial charge is 0.497 e. The van der Waals surface area contributed by atoms with Crippen molar-refractivity contribution in [1.29, 1.82) is 0 Å². The Morgan fingerprint density at radius 3 is 1.06 bits per heavy atom. The van der Waals surface area contributed by atoms with E-state index in [0.29, 0.717) is 0 Å². The molecule has 2 aliphatic heterocycles. The van der Waals surface area contributed by atoms with Crippen molar-refractivity contribution < 1.29 is 18.9 Å². The second-order valence-corrected chi connectivity index (χ2v) is 27.4. The zero-order valence-corrected chi connectivity index (χ0v) is 45.9. The van der Waals surface area contributed by atoms with Gasteiger partial charge in [-0.25, -0.2) is 0 Å². The number of hydrogen-bond acceptors (Lipinski definition) is 4. The van der Waals surface area contributed by atoms with Crippen LogP contribution in [0, 0.1) is 0 Å². The molecule has 0 saturated carbocycles. The Labute approximate surface area is 452 Å². The zero-order valence-electron chi connectivity index (χ0n) is 44.9. The van der Waals surface area contributed by atoms with E-state index >= 15 is 0 Å². The van der Waals surface area contributed by atoms with Crippen molar-refractivity contribution in [2.24, 2.45) is 0 Å². The zero-order chi connectivity index (χ0) is 52.6. The van der Waals surface area contributed by atoms with Gasteiger partial charge in [0.1, 0.15) is 31.1 Å². The molecule has 4 aliphatic rings. The molecule has 2 atom stereocenters. The van der Waals surface area contributed by atoms with Crippen molar-refractivity contribution in [3.8, 4) is 45.3 Å². The fourth-order valence-corrected chi connectivity index (χ4v) is 16.2. The first-order chi connectivity index (χ1) is 37.3. The van der Waals surface area contributed by atoms with E-state index in [9.17, 15) is 0 Å². The summed E-state index contributed by atoms with van der Waals surface area (Å²) < 4.78 is 26.7. The lowest BCUT2D eigenvalue weighted by molar-refractivity contribution is 0.163. The van der Waals surface area contributed by atoms with Crippen LogP contribution in [0.2, 0.25) is 13.1 Å². The monoisotopic (exact) mass is 1020 g/mol. The molecule has 0 N–H and O–H groups in total. The third kappa shape index (κ3) is 6.63. The molecule has 2 heterocycles. The molecule has 0 fully saturated rings. The number of benzene rings is 10. The molecular weight excluding hydrogens is 957 g/mol. The summed E-state index contributed by atoms with van der Waals surface area (Å²) >= 11 is 0. The van der Waals surface area contributed by atoms with Crippen molar-refractivity contribution >= 4 is 52.1 Å². The highest BCUT2D eigenvalue weighted by molar-refractivity contribution is 7.00. The molecule has 14 rings (SSSR count). The lowest BCUT2D eigenvalue weighted by Gasteiger charge is -2.39. The van der Waals surface area contributed by atoms with Crippen LogP contribution in [0.1, 0.15) is 83.3 Å². The maximum Gasteiger partial charge on any atom is 0.178 e. The molecule has 77 heavy (non-hydrogen) atoms. The smallest absolute Gasteiger partial charge is 0.178 e. The van der Waals surface area contributed by atoms with E-state index in [1.165, 1.54) is 65.7 Å². The van der Waals surface area contributed by atoms with Gasteiger partial charge in [-0.2, -0.15) is 0 Å². The van der Waals surface area contributed by atoms with Crippen LogP contribution in [0.4, 0.5) is 0 Å². The molecule has 2 unspecified atom stereocenters. The number of hydrogen-bond donors (Lipinski definition) is 0. The van der Waals surface area contributed by atoms with Gasteiger partial charge in [0.25, 0.3) is 0 Å². The highest BCUT2D eigenvalue weighted by atomic mass is 28.3. The fourth-order valence-electron chi connectivity index (χ4n) is 13.9. The Morgan fingerprint density at radius 2 is 0.701 bits per heavy atom. The summed E-state index contributed by atoms with van der Waals surface area (Å²) in [4.78, 5) is 0. The molecule has 376 valence electrons. The molecule has 2 aliphatic carbocycles. The van der Waals surface area contributed by atoms with Crippen LogP contribution >= 0.6 is 0 Å². The van der Waals surface area contributed by atoms with Gasteiger partial charge in [0.2, 0.25) is 0 Å². The van der Waals surface area contributed by atoms with Gasteiger partial charge in [-0.05, 0) is 91.7 Å². The van der Waals surface area contributed by atoms with Gasteiger partial charge in [-0.15, -0.1) is 0 Å². The van der Waals surface area contributed by atoms with Gasteiger partial charge >= 0.3 is 0 Å². The Morgan fingerprint density at radius 1 is 0.377 bits per heavy atom. The molecule has 0 spiro atoms. The molecular formula is C72H60O4Si. The Bertz CT molecular complexity index is 3860. The SMILES string of the molecule is COc1ccc(C2(c3ccc([Si](C)(C)c4ccc(C5(c6ccc(OC)cc6)C=Cc6c7c(c8ccccc8c6O5)-c5ccccc5C7(C)C)cc4)cc3)C=Cc3c4c(c5ccccc5c3O2)-c2ccccc2C4(C)C)cc1. The van der Waals surface area contributed by atoms with E-state index in [0.717, 1.165) is 67.2 Å². The normalized spacial score (nSPS) is 18.8. The van der Waals surface area contributed by atoms with E-state index in [2.05, 4.69) is 235 Å². The Balaban J connectivity index is 0.852. The van der Waals surface area contributed by atoms with Crippen LogP contribution in [0.15, 0.2) is 206 Å². The number of methoxy groups -OCH3 is 2. The fraction of sp³-hybridized carbons (Fsp3) is 0.167. The summed E-state index contributed by atoms with van der Waals surface area (Å²) in [5.41, 5.74) is 14.8. The summed E-state index contributed by atoms with van der Waals surface area (Å²) in [5.74, 6) is 3.44. The average molecular weight is 1020 g/mol. The van der Waals surface area contributed by atoms with Crippen molar-refractivity contribution in [3.63, 3.8) is 0 Å². The van der Waals surface area contributed by atoms with Crippen LogP contribution < -0.4 is 29.3 Å². The highest BCUT2D eigenvalue weighted by Crippen LogP contribution is 2.60. The minimum Gasteiger partial charge on any atom is -0.497 e. The maximum atomic E-state index is 7.69. The first kappa shape index (κ1) is 47.1. The molecule has 4 nitrogen and oxygen atoms in total. The summed E-state index contributed by atoms with van der Waals surface area (Å²) in [6.45, 7) is 14.3. The van der Waals surface area contributed by atoms with Crippen molar-refractivity contribution in [3.05, 3.63) is 262 Å². The number of rotatable bonds is 8. The number of fused-ring (bicyclic) bond motifs is 16. The van der Waals surface area contributed by atoms with E-state index in [4.69, 9.17) is 18.9 Å². The molecule has 0 saturated heterocycles. The van der Waals surface area contributed by atoms with Gasteiger partial charge in [0, 0.05) is 55.0 Å². The summed E-state index contributed by atoms with van der Waals surface area (Å²) in [5, 5.41) is 7.32. The minimum absolute atomic E-state index is 0.216. The van der Waals surface area contributed by atoms with Crippen molar-refractivity contribution in [2.75, 3.05) is 14.2 Å². The van der Waals surface area contributed by atoms with E-state index in [1.807, 2.05) is 24.3 Å². The number of ether oxygens (including phenoxy) is 4. The van der Waals surface area contributed by atoms with E-state index < -0.39 is 19.3 Å². The molecule has 0 amide bonds. The standard InChI is InChI=1S/C72H60O4Si/c1-69(2)61-23-15-13-21-57(61)63-53-17-9-11-19-55(53)67-59(65(63)69)41-43-71(75-67,45-25-33-49(73-5)34-26-45)47-29-37-51(38-30-47)77(7,8)52-39-31-48(32-40-52)72(46-27-35-50(74-6)36-28-46)44-42-60-66-64(54-18-10-12-20-56(54)68(60)76-72)58-22-14-16-24-62(58)70(66,3)4/h9-44H,1-8H3. The van der Waals surface area contributed by atoms with Gasteiger partial charge in [-0.3, -0.25) is 0 Å². The van der Waals surface area contributed by atoms with Gasteiger partial charge in [0.05, 0.1) is 14.2 Å². The van der Waals surface area contributed by atoms with Crippen LogP contribution in [-0.4, -0.2) is 22.3 Å². The third-order valence-electron chi connectivity index (χ3n) is 18.0. The molecule has 10 aromatic rings. The van der Waals surface area contributed by atoms with Crippen LogP contribution in [0.25, 0.3) is 56.0 Å². The summed E-state index contributed by atoms with van der Waals surface area (Å²) in [6, 6.07) is 70.7. The van der Waals surface area contributed by atoms with Crippen LogP contribution in [0.5, 0.6) is 23.0 Å². The second kappa shape index (κ2) is 16.8. The topological polar surface area (TPSA) is 36.9 Å². The van der Waals surface area contributed by atoms with Crippen LogP contribution in [0.3, 0.4) is 0 Å². The van der Waals surface area contributed by atoms with Crippen molar-refractivity contribution in [1.82, 2.24) is 0 Å². The molecule has 10 aromatic carbocycles. The summed E-state index contributed by atoms with van der Waals surface area (Å²) in [7, 11) is 1.14. The second-order valence-electron chi connectivity index (χ2n) is 23.0. The van der Waals surface area contributed by atoms with E-state index in [1.54, 1.807) is 14.2 Å². The first-order valence-corrected chi connectivity index (χ1v) is 30.0. The maximum absolute atomic E-state index is 7.69. The molecule has 0 aromatic heterocycles. The average Bonchev–Trinajstić information content (AvgIpc) is 4.12. The lowest BCUT2D eigenvalue weighted by atomic mass is 9.77. The lowest BCUT2D eigenvalue weighted by Crippen LogP contribution is -2.53. The molecule has 5 heteroatoms. The predicted octanol–water partition coefficient (Wildman–Crippen LogP) is 16.1. The Kier molecular flexibility index (Phi) is 10.3. The van der Waals surface area contributed by atoms with Crippen molar-refractivity contribution in [2.45, 2.75) is 62.8 Å². The Hall–Kier alpha value is -8.38. The van der Waals surface area contributed by atoms with E-state index in [-0.39, 0.29) is 10.8 Å². The summed E-state index contributed by atoms with van der Waals surface area (Å²) in [6.07, 6.45) is 9.26. The van der Waals surface area contributed by atoms with Gasteiger partial charge in [-0.1, -0.05) is 233 Å².